The van der Waals surface area contributed by atoms with E-state index in [1.54, 1.807) is 0 Å². The Bertz CT molecular complexity index is 586. The summed E-state index contributed by atoms with van der Waals surface area (Å²) in [5.74, 6) is -0.625. The van der Waals surface area contributed by atoms with Crippen LogP contribution in [0, 0.1) is 11.8 Å². The lowest BCUT2D eigenvalue weighted by Gasteiger charge is -2.33. The van der Waals surface area contributed by atoms with Gasteiger partial charge in [0.1, 0.15) is 0 Å². The van der Waals surface area contributed by atoms with Crippen LogP contribution in [0.5, 0.6) is 0 Å². The lowest BCUT2D eigenvalue weighted by molar-refractivity contribution is -0.141. The molecule has 1 aliphatic heterocycles. The highest BCUT2D eigenvalue weighted by atomic mass is 16.4. The summed E-state index contributed by atoms with van der Waals surface area (Å²) in [4.78, 5) is 26.2. The second-order valence-corrected chi connectivity index (χ2v) is 7.21. The van der Waals surface area contributed by atoms with Crippen molar-refractivity contribution in [3.05, 3.63) is 35.9 Å². The predicted octanol–water partition coefficient (Wildman–Crippen LogP) is 3.67. The summed E-state index contributed by atoms with van der Waals surface area (Å²) < 4.78 is 0. The van der Waals surface area contributed by atoms with Crippen LogP contribution in [0.1, 0.15) is 56.9 Å². The van der Waals surface area contributed by atoms with Gasteiger partial charge in [-0.1, -0.05) is 37.3 Å². The molecule has 1 aliphatic carbocycles. The number of carboxylic acid groups (broad SMARTS) is 1. The van der Waals surface area contributed by atoms with Crippen molar-refractivity contribution < 1.29 is 14.7 Å². The fourth-order valence-corrected chi connectivity index (χ4v) is 4.58. The van der Waals surface area contributed by atoms with Crippen molar-refractivity contribution in [2.24, 2.45) is 11.8 Å². The van der Waals surface area contributed by atoms with Crippen molar-refractivity contribution in [1.82, 2.24) is 4.90 Å². The number of benzene rings is 1. The molecule has 24 heavy (non-hydrogen) atoms. The average Bonchev–Trinajstić information content (AvgIpc) is 3.26. The summed E-state index contributed by atoms with van der Waals surface area (Å²) >= 11 is 0. The van der Waals surface area contributed by atoms with Gasteiger partial charge < -0.3 is 10.0 Å². The summed E-state index contributed by atoms with van der Waals surface area (Å²) in [6.07, 6.45) is 4.99. The Morgan fingerprint density at radius 2 is 1.88 bits per heavy atom. The monoisotopic (exact) mass is 329 g/mol. The first-order valence-electron chi connectivity index (χ1n) is 9.20. The Morgan fingerprint density at radius 3 is 2.50 bits per heavy atom. The number of aliphatic carboxylic acids is 1. The summed E-state index contributed by atoms with van der Waals surface area (Å²) in [5.41, 5.74) is 1.31. The first-order valence-corrected chi connectivity index (χ1v) is 9.20. The molecule has 4 heteroatoms. The van der Waals surface area contributed by atoms with E-state index in [0.29, 0.717) is 18.8 Å². The topological polar surface area (TPSA) is 57.6 Å². The molecule has 4 atom stereocenters. The number of rotatable bonds is 5. The molecule has 1 saturated heterocycles. The number of hydrogen-bond donors (Lipinski definition) is 1. The molecule has 1 amide bonds. The van der Waals surface area contributed by atoms with Gasteiger partial charge in [0.15, 0.2) is 0 Å². The van der Waals surface area contributed by atoms with Gasteiger partial charge >= 0.3 is 5.97 Å². The Hall–Kier alpha value is -1.84. The molecule has 0 spiro atoms. The van der Waals surface area contributed by atoms with Gasteiger partial charge in [-0.25, -0.2) is 0 Å². The summed E-state index contributed by atoms with van der Waals surface area (Å²) in [6, 6.07) is 10.7. The van der Waals surface area contributed by atoms with E-state index in [1.807, 2.05) is 6.07 Å². The third kappa shape index (κ3) is 3.33. The quantitative estimate of drug-likeness (QED) is 0.896. The van der Waals surface area contributed by atoms with Gasteiger partial charge in [-0.3, -0.25) is 9.59 Å². The van der Waals surface area contributed by atoms with Crippen LogP contribution < -0.4 is 0 Å². The van der Waals surface area contributed by atoms with E-state index in [9.17, 15) is 14.7 Å². The van der Waals surface area contributed by atoms with Gasteiger partial charge in [-0.05, 0) is 44.1 Å². The van der Waals surface area contributed by atoms with E-state index in [2.05, 4.69) is 36.1 Å². The molecule has 1 saturated carbocycles. The second kappa shape index (κ2) is 7.37. The number of amides is 1. The van der Waals surface area contributed by atoms with Crippen LogP contribution in [0.4, 0.5) is 0 Å². The molecule has 1 aromatic rings. The van der Waals surface area contributed by atoms with E-state index >= 15 is 0 Å². The predicted molar refractivity (Wildman–Crippen MR) is 92.7 cm³/mol. The standard InChI is InChI=1S/C20H27NO3/c1-2-17(14-7-4-3-5-8-14)18-9-6-12-21(18)19(22)15-10-11-16(13-15)20(23)24/h3-5,7-8,15-18H,2,6,9-13H2,1H3,(H,23,24)/t15-,16+,17?,18?/m1/s1. The van der Waals surface area contributed by atoms with E-state index in [-0.39, 0.29) is 23.8 Å². The van der Waals surface area contributed by atoms with Gasteiger partial charge in [0.25, 0.3) is 0 Å². The molecule has 0 bridgehead atoms. The van der Waals surface area contributed by atoms with Gasteiger partial charge in [-0.2, -0.15) is 0 Å². The highest BCUT2D eigenvalue weighted by Crippen LogP contribution is 2.38. The van der Waals surface area contributed by atoms with Crippen molar-refractivity contribution in [3.8, 4) is 0 Å². The van der Waals surface area contributed by atoms with E-state index < -0.39 is 5.97 Å². The SMILES string of the molecule is CCC(c1ccccc1)C1CCCN1C(=O)[C@@H]1CC[C@H](C(=O)O)C1. The normalized spacial score (nSPS) is 28.0. The number of carbonyl (C=O) groups excluding carboxylic acids is 1. The highest BCUT2D eigenvalue weighted by molar-refractivity contribution is 5.81. The summed E-state index contributed by atoms with van der Waals surface area (Å²) in [7, 11) is 0. The molecule has 1 aromatic carbocycles. The fraction of sp³-hybridized carbons (Fsp3) is 0.600. The number of likely N-dealkylation sites (tertiary alicyclic amines) is 1. The number of nitrogens with zero attached hydrogens (tertiary/aromatic N) is 1. The fourth-order valence-electron chi connectivity index (χ4n) is 4.58. The lowest BCUT2D eigenvalue weighted by Crippen LogP contribution is -2.42. The van der Waals surface area contributed by atoms with Crippen LogP contribution in [-0.2, 0) is 9.59 Å². The number of carboxylic acids is 1. The smallest absolute Gasteiger partial charge is 0.306 e. The van der Waals surface area contributed by atoms with Crippen LogP contribution >= 0.6 is 0 Å². The first kappa shape index (κ1) is 17.0. The summed E-state index contributed by atoms with van der Waals surface area (Å²) in [5, 5.41) is 9.18. The van der Waals surface area contributed by atoms with Crippen molar-refractivity contribution in [2.45, 2.75) is 57.4 Å². The largest absolute Gasteiger partial charge is 0.481 e. The molecule has 0 aromatic heterocycles. The Morgan fingerprint density at radius 1 is 1.17 bits per heavy atom. The number of hydrogen-bond acceptors (Lipinski definition) is 2. The molecule has 2 aliphatic rings. The van der Waals surface area contributed by atoms with E-state index in [4.69, 9.17) is 0 Å². The molecular weight excluding hydrogens is 302 g/mol. The molecule has 2 unspecified atom stereocenters. The number of carbonyl (C=O) groups is 2. The van der Waals surface area contributed by atoms with Gasteiger partial charge in [0.2, 0.25) is 5.91 Å². The molecule has 1 N–H and O–H groups in total. The zero-order valence-corrected chi connectivity index (χ0v) is 14.4. The minimum Gasteiger partial charge on any atom is -0.481 e. The third-order valence-electron chi connectivity index (χ3n) is 5.85. The van der Waals surface area contributed by atoms with Crippen LogP contribution in [0.3, 0.4) is 0 Å². The Kier molecular flexibility index (Phi) is 5.22. The molecule has 130 valence electrons. The van der Waals surface area contributed by atoms with Crippen molar-refractivity contribution >= 4 is 11.9 Å². The summed E-state index contributed by atoms with van der Waals surface area (Å²) in [6.45, 7) is 3.01. The van der Waals surface area contributed by atoms with Crippen molar-refractivity contribution in [1.29, 1.82) is 0 Å². The molecule has 1 heterocycles. The maximum Gasteiger partial charge on any atom is 0.306 e. The zero-order chi connectivity index (χ0) is 17.1. The van der Waals surface area contributed by atoms with Gasteiger partial charge in [0, 0.05) is 24.4 Å². The van der Waals surface area contributed by atoms with Crippen LogP contribution in [0.15, 0.2) is 30.3 Å². The molecule has 0 radical (unpaired) electrons. The minimum atomic E-state index is -0.751. The van der Waals surface area contributed by atoms with Gasteiger partial charge in [-0.15, -0.1) is 0 Å². The highest BCUT2D eigenvalue weighted by Gasteiger charge is 2.41. The molecular formula is C20H27NO3. The van der Waals surface area contributed by atoms with Crippen molar-refractivity contribution in [2.75, 3.05) is 6.54 Å². The van der Waals surface area contributed by atoms with Crippen LogP contribution in [0.25, 0.3) is 0 Å². The van der Waals surface area contributed by atoms with Crippen LogP contribution in [-0.4, -0.2) is 34.5 Å². The maximum atomic E-state index is 13.0. The molecule has 2 fully saturated rings. The Labute approximate surface area is 143 Å². The zero-order valence-electron chi connectivity index (χ0n) is 14.4. The average molecular weight is 329 g/mol. The maximum absolute atomic E-state index is 13.0. The lowest BCUT2D eigenvalue weighted by atomic mass is 9.87. The third-order valence-corrected chi connectivity index (χ3v) is 5.85. The van der Waals surface area contributed by atoms with Crippen molar-refractivity contribution in [3.63, 3.8) is 0 Å². The van der Waals surface area contributed by atoms with Gasteiger partial charge in [0.05, 0.1) is 5.92 Å². The van der Waals surface area contributed by atoms with E-state index in [0.717, 1.165) is 32.2 Å². The molecule has 3 rings (SSSR count). The second-order valence-electron chi connectivity index (χ2n) is 7.21. The minimum absolute atomic E-state index is 0.0972. The first-order chi connectivity index (χ1) is 11.6. The molecule has 4 nitrogen and oxygen atoms in total. The van der Waals surface area contributed by atoms with E-state index in [1.165, 1.54) is 5.56 Å². The van der Waals surface area contributed by atoms with Crippen LogP contribution in [0.2, 0.25) is 0 Å². The Balaban J connectivity index is 1.73.